The molecule has 0 aromatic rings. The molecule has 0 aromatic heterocycles. The maximum Gasteiger partial charge on any atom is 0.326 e. The van der Waals surface area contributed by atoms with Crippen molar-refractivity contribution in [2.24, 2.45) is 0 Å². The molecule has 7 nitrogen and oxygen atoms in total. The van der Waals surface area contributed by atoms with Gasteiger partial charge in [0, 0.05) is 33.7 Å². The zero-order chi connectivity index (χ0) is 14.8. The van der Waals surface area contributed by atoms with E-state index in [1.165, 1.54) is 12.0 Å². The van der Waals surface area contributed by atoms with Gasteiger partial charge in [0.15, 0.2) is 0 Å². The second kappa shape index (κ2) is 9.57. The topological polar surface area (TPSA) is 88.1 Å². The summed E-state index contributed by atoms with van der Waals surface area (Å²) in [4.78, 5) is 24.1. The number of hydrogen-bond acceptors (Lipinski definition) is 4. The van der Waals surface area contributed by atoms with Crippen molar-refractivity contribution in [1.29, 1.82) is 0 Å². The van der Waals surface area contributed by atoms with Crippen molar-refractivity contribution >= 4 is 12.0 Å². The summed E-state index contributed by atoms with van der Waals surface area (Å²) in [5.41, 5.74) is 0. The minimum Gasteiger partial charge on any atom is -0.480 e. The molecule has 0 spiro atoms. The molecule has 1 unspecified atom stereocenters. The van der Waals surface area contributed by atoms with E-state index in [1.54, 1.807) is 7.05 Å². The molecule has 0 bridgehead atoms. The Kier molecular flexibility index (Phi) is 8.90. The fraction of sp³-hybridized carbons (Fsp3) is 0.833. The molecule has 1 atom stereocenters. The molecular weight excluding hydrogens is 252 g/mol. The summed E-state index contributed by atoms with van der Waals surface area (Å²) in [5, 5.41) is 11.4. The quantitative estimate of drug-likeness (QED) is 0.642. The number of carboxylic acid groups (broad SMARTS) is 1. The van der Waals surface area contributed by atoms with Crippen molar-refractivity contribution in [3.63, 3.8) is 0 Å². The Morgan fingerprint density at radius 3 is 2.42 bits per heavy atom. The normalized spacial score (nSPS) is 12.3. The average Bonchev–Trinajstić information content (AvgIpc) is 2.33. The highest BCUT2D eigenvalue weighted by atomic mass is 16.5. The highest BCUT2D eigenvalue weighted by molar-refractivity contribution is 5.82. The molecule has 0 radical (unpaired) electrons. The number of nitrogens with one attached hydrogen (secondary N) is 1. The van der Waals surface area contributed by atoms with Crippen LogP contribution in [0.1, 0.15) is 20.3 Å². The van der Waals surface area contributed by atoms with Crippen LogP contribution >= 0.6 is 0 Å². The Labute approximate surface area is 113 Å². The predicted octanol–water partition coefficient (Wildman–Crippen LogP) is 0.543. The van der Waals surface area contributed by atoms with Gasteiger partial charge in [0.1, 0.15) is 6.04 Å². The molecule has 0 fully saturated rings. The van der Waals surface area contributed by atoms with Gasteiger partial charge in [0.25, 0.3) is 0 Å². The smallest absolute Gasteiger partial charge is 0.326 e. The number of likely N-dealkylation sites (N-methyl/N-ethyl adjacent to an activating group) is 1. The van der Waals surface area contributed by atoms with Gasteiger partial charge in [0.05, 0.1) is 12.7 Å². The first-order valence-electron chi connectivity index (χ1n) is 6.23. The standard InChI is InChI=1S/C12H24N2O5/c1-9(2)19-8-6-14(3)12(17)13-10(11(15)16)5-7-18-4/h9-10H,5-8H2,1-4H3,(H,13,17)(H,15,16). The second-order valence-corrected chi connectivity index (χ2v) is 4.46. The molecule has 0 aliphatic rings. The molecule has 7 heteroatoms. The molecule has 0 aliphatic heterocycles. The monoisotopic (exact) mass is 276 g/mol. The van der Waals surface area contributed by atoms with E-state index in [0.29, 0.717) is 13.2 Å². The van der Waals surface area contributed by atoms with Crippen LogP contribution in [0.4, 0.5) is 4.79 Å². The third kappa shape index (κ3) is 8.39. The molecule has 112 valence electrons. The van der Waals surface area contributed by atoms with Crippen LogP contribution in [0.2, 0.25) is 0 Å². The number of hydrogen-bond donors (Lipinski definition) is 2. The summed E-state index contributed by atoms with van der Waals surface area (Å²) >= 11 is 0. The fourth-order valence-corrected chi connectivity index (χ4v) is 1.28. The number of aliphatic carboxylic acids is 1. The summed E-state index contributed by atoms with van der Waals surface area (Å²) in [6, 6.07) is -1.38. The fourth-order valence-electron chi connectivity index (χ4n) is 1.28. The molecule has 2 N–H and O–H groups in total. The van der Waals surface area contributed by atoms with Crippen LogP contribution in [0.15, 0.2) is 0 Å². The number of carbonyl (C=O) groups is 2. The minimum atomic E-state index is -1.07. The van der Waals surface area contributed by atoms with Crippen molar-refractivity contribution in [3.8, 4) is 0 Å². The van der Waals surface area contributed by atoms with Gasteiger partial charge in [-0.25, -0.2) is 9.59 Å². The van der Waals surface area contributed by atoms with Crippen LogP contribution in [-0.2, 0) is 14.3 Å². The van der Waals surface area contributed by atoms with E-state index in [1.807, 2.05) is 13.8 Å². The van der Waals surface area contributed by atoms with Gasteiger partial charge in [-0.1, -0.05) is 0 Å². The van der Waals surface area contributed by atoms with Crippen molar-refractivity contribution in [1.82, 2.24) is 10.2 Å². The number of ether oxygens (including phenoxy) is 2. The van der Waals surface area contributed by atoms with Gasteiger partial charge in [-0.3, -0.25) is 0 Å². The number of amides is 2. The average molecular weight is 276 g/mol. The number of carbonyl (C=O) groups excluding carboxylic acids is 1. The van der Waals surface area contributed by atoms with Gasteiger partial charge in [-0.2, -0.15) is 0 Å². The van der Waals surface area contributed by atoms with E-state index in [-0.39, 0.29) is 19.1 Å². The third-order valence-corrected chi connectivity index (χ3v) is 2.43. The lowest BCUT2D eigenvalue weighted by atomic mass is 10.2. The van der Waals surface area contributed by atoms with E-state index in [4.69, 9.17) is 14.6 Å². The zero-order valence-corrected chi connectivity index (χ0v) is 12.0. The first kappa shape index (κ1) is 17.7. The number of urea groups is 1. The lowest BCUT2D eigenvalue weighted by Gasteiger charge is -2.21. The van der Waals surface area contributed by atoms with Gasteiger partial charge in [0.2, 0.25) is 0 Å². The van der Waals surface area contributed by atoms with Gasteiger partial charge >= 0.3 is 12.0 Å². The van der Waals surface area contributed by atoms with Crippen LogP contribution in [0.5, 0.6) is 0 Å². The second-order valence-electron chi connectivity index (χ2n) is 4.46. The summed E-state index contributed by atoms with van der Waals surface area (Å²) < 4.78 is 10.1. The van der Waals surface area contributed by atoms with E-state index in [9.17, 15) is 9.59 Å². The highest BCUT2D eigenvalue weighted by Gasteiger charge is 2.21. The first-order valence-corrected chi connectivity index (χ1v) is 6.23. The van der Waals surface area contributed by atoms with E-state index < -0.39 is 18.0 Å². The molecule has 0 aliphatic carbocycles. The molecule has 19 heavy (non-hydrogen) atoms. The third-order valence-electron chi connectivity index (χ3n) is 2.43. The van der Waals surface area contributed by atoms with Crippen LogP contribution < -0.4 is 5.32 Å². The Morgan fingerprint density at radius 1 is 1.32 bits per heavy atom. The molecule has 0 heterocycles. The van der Waals surface area contributed by atoms with Gasteiger partial charge in [-0.15, -0.1) is 0 Å². The molecule has 0 saturated carbocycles. The van der Waals surface area contributed by atoms with Crippen molar-refractivity contribution in [2.45, 2.75) is 32.4 Å². The molecule has 0 aromatic carbocycles. The number of rotatable bonds is 9. The maximum absolute atomic E-state index is 11.8. The lowest BCUT2D eigenvalue weighted by molar-refractivity contribution is -0.139. The lowest BCUT2D eigenvalue weighted by Crippen LogP contribution is -2.47. The number of nitrogens with zero attached hydrogens (tertiary/aromatic N) is 1. The van der Waals surface area contributed by atoms with E-state index in [0.717, 1.165) is 0 Å². The Balaban J connectivity index is 4.12. The maximum atomic E-state index is 11.8. The summed E-state index contributed by atoms with van der Waals surface area (Å²) in [6.45, 7) is 4.91. The van der Waals surface area contributed by atoms with Crippen molar-refractivity contribution in [2.75, 3.05) is 33.9 Å². The zero-order valence-electron chi connectivity index (χ0n) is 12.0. The molecule has 2 amide bonds. The highest BCUT2D eigenvalue weighted by Crippen LogP contribution is 1.96. The molecule has 0 saturated heterocycles. The van der Waals surface area contributed by atoms with E-state index in [2.05, 4.69) is 5.32 Å². The Morgan fingerprint density at radius 2 is 1.95 bits per heavy atom. The molecular formula is C12H24N2O5. The van der Waals surface area contributed by atoms with Crippen LogP contribution in [-0.4, -0.2) is 68.1 Å². The largest absolute Gasteiger partial charge is 0.480 e. The van der Waals surface area contributed by atoms with E-state index >= 15 is 0 Å². The summed E-state index contributed by atoms with van der Waals surface area (Å²) in [5.74, 6) is -1.07. The first-order chi connectivity index (χ1) is 8.88. The SMILES string of the molecule is COCCC(NC(=O)N(C)CCOC(C)C)C(=O)O. The Bertz CT molecular complexity index is 283. The van der Waals surface area contributed by atoms with Crippen molar-refractivity contribution in [3.05, 3.63) is 0 Å². The van der Waals surface area contributed by atoms with Gasteiger partial charge < -0.3 is 24.8 Å². The number of carboxylic acids is 1. The molecule has 0 rings (SSSR count). The minimum absolute atomic E-state index is 0.102. The number of methoxy groups -OCH3 is 1. The summed E-state index contributed by atoms with van der Waals surface area (Å²) in [6.07, 6.45) is 0.332. The van der Waals surface area contributed by atoms with Crippen LogP contribution in [0.3, 0.4) is 0 Å². The van der Waals surface area contributed by atoms with Crippen LogP contribution in [0.25, 0.3) is 0 Å². The van der Waals surface area contributed by atoms with Crippen LogP contribution in [0, 0.1) is 0 Å². The van der Waals surface area contributed by atoms with Crippen molar-refractivity contribution < 1.29 is 24.2 Å². The van der Waals surface area contributed by atoms with Gasteiger partial charge in [-0.05, 0) is 13.8 Å². The summed E-state index contributed by atoms with van der Waals surface area (Å²) in [7, 11) is 3.07. The Hall–Kier alpha value is -1.34. The predicted molar refractivity (Wildman–Crippen MR) is 70.2 cm³/mol.